The maximum atomic E-state index is 8.68. The van der Waals surface area contributed by atoms with Gasteiger partial charge in [0.15, 0.2) is 5.84 Å². The number of oxime groups is 1. The zero-order valence-electron chi connectivity index (χ0n) is 12.0. The van der Waals surface area contributed by atoms with Crippen molar-refractivity contribution in [1.29, 1.82) is 0 Å². The van der Waals surface area contributed by atoms with Gasteiger partial charge in [0.2, 0.25) is 0 Å². The predicted octanol–water partition coefficient (Wildman–Crippen LogP) is 1.62. The minimum Gasteiger partial charge on any atom is -0.409 e. The maximum Gasteiger partial charge on any atom is 0.153 e. The van der Waals surface area contributed by atoms with Crippen LogP contribution in [0.25, 0.3) is 10.9 Å². The highest BCUT2D eigenvalue weighted by molar-refractivity contribution is 5.83. The van der Waals surface area contributed by atoms with Gasteiger partial charge in [-0.05, 0) is 19.5 Å². The lowest BCUT2D eigenvalue weighted by atomic mass is 10.2. The summed E-state index contributed by atoms with van der Waals surface area (Å²) in [5, 5.41) is 17.5. The molecule has 1 heterocycles. The number of nitrogens with zero attached hydrogens (tertiary/aromatic N) is 4. The van der Waals surface area contributed by atoms with Crippen molar-refractivity contribution in [2.45, 2.75) is 26.9 Å². The quantitative estimate of drug-likeness (QED) is 0.363. The van der Waals surface area contributed by atoms with E-state index in [-0.39, 0.29) is 5.84 Å². The molecule has 2 aromatic rings. The van der Waals surface area contributed by atoms with Crippen LogP contribution in [-0.2, 0) is 13.1 Å². The van der Waals surface area contributed by atoms with Crippen LogP contribution < -0.4 is 5.73 Å². The summed E-state index contributed by atoms with van der Waals surface area (Å²) in [7, 11) is 0. The second kappa shape index (κ2) is 6.38. The first-order chi connectivity index (χ1) is 9.69. The molecule has 0 saturated carbocycles. The van der Waals surface area contributed by atoms with Crippen LogP contribution in [0.3, 0.4) is 0 Å². The molecule has 0 amide bonds. The molecule has 0 saturated heterocycles. The Kier molecular flexibility index (Phi) is 4.57. The van der Waals surface area contributed by atoms with Crippen molar-refractivity contribution in [1.82, 2.24) is 14.7 Å². The van der Waals surface area contributed by atoms with E-state index in [1.807, 2.05) is 23.7 Å². The van der Waals surface area contributed by atoms with E-state index in [0.29, 0.717) is 13.1 Å². The first kappa shape index (κ1) is 14.3. The number of nitrogens with two attached hydrogens (primary N) is 1. The van der Waals surface area contributed by atoms with Crippen LogP contribution in [0.15, 0.2) is 29.4 Å². The van der Waals surface area contributed by atoms with E-state index in [1.54, 1.807) is 0 Å². The fourth-order valence-corrected chi connectivity index (χ4v) is 2.31. The summed E-state index contributed by atoms with van der Waals surface area (Å²) in [6.07, 6.45) is 0. The molecular formula is C14H21N5O. The Labute approximate surface area is 118 Å². The van der Waals surface area contributed by atoms with E-state index < -0.39 is 0 Å². The predicted molar refractivity (Wildman–Crippen MR) is 79.8 cm³/mol. The molecule has 1 aromatic carbocycles. The molecule has 0 spiro atoms. The van der Waals surface area contributed by atoms with Crippen molar-refractivity contribution in [3.8, 4) is 0 Å². The van der Waals surface area contributed by atoms with E-state index in [2.05, 4.69) is 34.2 Å². The fourth-order valence-electron chi connectivity index (χ4n) is 2.31. The Morgan fingerprint density at radius 3 is 2.80 bits per heavy atom. The maximum absolute atomic E-state index is 8.68. The van der Waals surface area contributed by atoms with Gasteiger partial charge in [-0.15, -0.1) is 0 Å². The molecule has 0 fully saturated rings. The SMILES string of the molecule is CCN(CC(N)=NO)Cc1nn(CC)c2ccccc12. The number of aromatic nitrogens is 2. The summed E-state index contributed by atoms with van der Waals surface area (Å²) in [5.74, 6) is 0.214. The molecule has 108 valence electrons. The van der Waals surface area contributed by atoms with Crippen molar-refractivity contribution in [2.24, 2.45) is 10.9 Å². The second-order valence-corrected chi connectivity index (χ2v) is 4.67. The van der Waals surface area contributed by atoms with Crippen LogP contribution in [0.2, 0.25) is 0 Å². The second-order valence-electron chi connectivity index (χ2n) is 4.67. The first-order valence-electron chi connectivity index (χ1n) is 6.82. The van der Waals surface area contributed by atoms with Gasteiger partial charge in [-0.1, -0.05) is 30.3 Å². The monoisotopic (exact) mass is 275 g/mol. The van der Waals surface area contributed by atoms with Crippen LogP contribution in [0.4, 0.5) is 0 Å². The Balaban J connectivity index is 2.28. The number of likely N-dealkylation sites (N-methyl/N-ethyl adjacent to an activating group) is 1. The third-order valence-electron chi connectivity index (χ3n) is 3.37. The number of hydrogen-bond acceptors (Lipinski definition) is 4. The molecule has 0 aliphatic carbocycles. The lowest BCUT2D eigenvalue weighted by Crippen LogP contribution is -2.33. The van der Waals surface area contributed by atoms with Gasteiger partial charge in [-0.2, -0.15) is 5.10 Å². The number of rotatable bonds is 6. The largest absolute Gasteiger partial charge is 0.409 e. The van der Waals surface area contributed by atoms with E-state index in [4.69, 9.17) is 10.9 Å². The number of amidine groups is 1. The van der Waals surface area contributed by atoms with Crippen LogP contribution in [0.5, 0.6) is 0 Å². The highest BCUT2D eigenvalue weighted by Crippen LogP contribution is 2.19. The van der Waals surface area contributed by atoms with Gasteiger partial charge in [-0.25, -0.2) is 0 Å². The molecule has 6 heteroatoms. The highest BCUT2D eigenvalue weighted by atomic mass is 16.4. The number of hydrogen-bond donors (Lipinski definition) is 2. The molecule has 0 aliphatic rings. The smallest absolute Gasteiger partial charge is 0.153 e. The van der Waals surface area contributed by atoms with Gasteiger partial charge in [0.1, 0.15) is 0 Å². The van der Waals surface area contributed by atoms with Crippen molar-refractivity contribution in [3.05, 3.63) is 30.0 Å². The molecule has 0 bridgehead atoms. The number of benzene rings is 1. The van der Waals surface area contributed by atoms with Crippen molar-refractivity contribution in [3.63, 3.8) is 0 Å². The molecule has 1 aromatic heterocycles. The molecule has 0 aliphatic heterocycles. The van der Waals surface area contributed by atoms with Crippen LogP contribution in [0, 0.1) is 0 Å². The standard InChI is InChI=1S/C14H21N5O/c1-3-18(10-14(15)17-20)9-12-11-7-5-6-8-13(11)19(4-2)16-12/h5-8,20H,3-4,9-10H2,1-2H3,(H2,15,17). The van der Waals surface area contributed by atoms with Gasteiger partial charge in [-0.3, -0.25) is 9.58 Å². The van der Waals surface area contributed by atoms with Gasteiger partial charge >= 0.3 is 0 Å². The fraction of sp³-hybridized carbons (Fsp3) is 0.429. The summed E-state index contributed by atoms with van der Waals surface area (Å²) in [6, 6.07) is 8.21. The Morgan fingerprint density at radius 2 is 2.15 bits per heavy atom. The van der Waals surface area contributed by atoms with Gasteiger partial charge < -0.3 is 10.9 Å². The molecule has 20 heavy (non-hydrogen) atoms. The van der Waals surface area contributed by atoms with Gasteiger partial charge in [0, 0.05) is 18.5 Å². The lowest BCUT2D eigenvalue weighted by Gasteiger charge is -2.18. The third-order valence-corrected chi connectivity index (χ3v) is 3.37. The Morgan fingerprint density at radius 1 is 1.40 bits per heavy atom. The lowest BCUT2D eigenvalue weighted by molar-refractivity contribution is 0.292. The molecule has 6 nitrogen and oxygen atoms in total. The summed E-state index contributed by atoms with van der Waals surface area (Å²) < 4.78 is 2.00. The Bertz CT molecular complexity index is 605. The number of para-hydroxylation sites is 1. The van der Waals surface area contributed by atoms with Crippen molar-refractivity contribution in [2.75, 3.05) is 13.1 Å². The summed E-state index contributed by atoms with van der Waals surface area (Å²) in [5.41, 5.74) is 7.75. The summed E-state index contributed by atoms with van der Waals surface area (Å²) in [6.45, 7) is 6.89. The molecule has 0 radical (unpaired) electrons. The number of fused-ring (bicyclic) bond motifs is 1. The minimum absolute atomic E-state index is 0.214. The van der Waals surface area contributed by atoms with E-state index in [1.165, 1.54) is 0 Å². The van der Waals surface area contributed by atoms with E-state index in [9.17, 15) is 0 Å². The average Bonchev–Trinajstić information content (AvgIpc) is 2.84. The average molecular weight is 275 g/mol. The number of aryl methyl sites for hydroxylation is 1. The zero-order valence-corrected chi connectivity index (χ0v) is 12.0. The molecule has 3 N–H and O–H groups in total. The van der Waals surface area contributed by atoms with E-state index >= 15 is 0 Å². The zero-order chi connectivity index (χ0) is 14.5. The van der Waals surface area contributed by atoms with Gasteiger partial charge in [0.25, 0.3) is 0 Å². The van der Waals surface area contributed by atoms with Crippen molar-refractivity contribution < 1.29 is 5.21 Å². The third kappa shape index (κ3) is 2.91. The Hall–Kier alpha value is -2.08. The molecule has 0 unspecified atom stereocenters. The topological polar surface area (TPSA) is 79.7 Å². The summed E-state index contributed by atoms with van der Waals surface area (Å²) >= 11 is 0. The van der Waals surface area contributed by atoms with Crippen molar-refractivity contribution >= 4 is 16.7 Å². The molecule has 0 atom stereocenters. The molecular weight excluding hydrogens is 254 g/mol. The molecule has 2 rings (SSSR count). The van der Waals surface area contributed by atoms with Crippen LogP contribution >= 0.6 is 0 Å². The van der Waals surface area contributed by atoms with Crippen LogP contribution in [0.1, 0.15) is 19.5 Å². The minimum atomic E-state index is 0.214. The highest BCUT2D eigenvalue weighted by Gasteiger charge is 2.13. The van der Waals surface area contributed by atoms with Gasteiger partial charge in [0.05, 0.1) is 17.8 Å². The van der Waals surface area contributed by atoms with E-state index in [0.717, 1.165) is 29.7 Å². The summed E-state index contributed by atoms with van der Waals surface area (Å²) in [4.78, 5) is 2.09. The normalized spacial score (nSPS) is 12.4. The first-order valence-corrected chi connectivity index (χ1v) is 6.82. The van der Waals surface area contributed by atoms with Crippen LogP contribution in [-0.4, -0.2) is 38.8 Å².